The van der Waals surface area contributed by atoms with Gasteiger partial charge in [-0.15, -0.1) is 0 Å². The molecule has 1 aliphatic rings. The highest BCUT2D eigenvalue weighted by molar-refractivity contribution is 5.82. The average Bonchev–Trinajstić information content (AvgIpc) is 3.11. The van der Waals surface area contributed by atoms with E-state index >= 15 is 0 Å². The maximum absolute atomic E-state index is 5.84. The van der Waals surface area contributed by atoms with Crippen molar-refractivity contribution in [2.75, 3.05) is 7.11 Å². The van der Waals surface area contributed by atoms with Crippen LogP contribution in [0.5, 0.6) is 5.75 Å². The second kappa shape index (κ2) is 4.35. The van der Waals surface area contributed by atoms with E-state index in [-0.39, 0.29) is 0 Å². The van der Waals surface area contributed by atoms with Gasteiger partial charge in [0.15, 0.2) is 11.1 Å². The molecule has 100 valence electrons. The Morgan fingerprint density at radius 1 is 1.15 bits per heavy atom. The van der Waals surface area contributed by atoms with Gasteiger partial charge in [0.1, 0.15) is 5.75 Å². The van der Waals surface area contributed by atoms with Crippen molar-refractivity contribution in [2.24, 2.45) is 0 Å². The van der Waals surface area contributed by atoms with Crippen LogP contribution in [0.4, 0.5) is 0 Å². The lowest BCUT2D eigenvalue weighted by Crippen LogP contribution is -1.99. The van der Waals surface area contributed by atoms with E-state index in [2.05, 4.69) is 28.5 Å². The van der Waals surface area contributed by atoms with Crippen LogP contribution in [-0.4, -0.2) is 12.1 Å². The van der Waals surface area contributed by atoms with Crippen molar-refractivity contribution in [2.45, 2.75) is 13.1 Å². The van der Waals surface area contributed by atoms with E-state index in [0.717, 1.165) is 35.5 Å². The molecule has 4 nitrogen and oxygen atoms in total. The summed E-state index contributed by atoms with van der Waals surface area (Å²) in [5, 5.41) is 3.34. The highest BCUT2D eigenvalue weighted by Gasteiger charge is 2.15. The lowest BCUT2D eigenvalue weighted by molar-refractivity contribution is 0.419. The van der Waals surface area contributed by atoms with Crippen LogP contribution in [0.2, 0.25) is 0 Å². The van der Waals surface area contributed by atoms with Gasteiger partial charge >= 0.3 is 0 Å². The summed E-state index contributed by atoms with van der Waals surface area (Å²) >= 11 is 0. The van der Waals surface area contributed by atoms with Crippen LogP contribution in [-0.2, 0) is 13.1 Å². The second-order valence-corrected chi connectivity index (χ2v) is 4.91. The van der Waals surface area contributed by atoms with Crippen LogP contribution in [0, 0.1) is 0 Å². The normalized spacial score (nSPS) is 13.7. The molecule has 0 saturated carbocycles. The number of ether oxygens (including phenoxy) is 1. The molecule has 0 radical (unpaired) electrons. The minimum Gasteiger partial charge on any atom is -0.494 e. The molecular weight excluding hydrogens is 252 g/mol. The van der Waals surface area contributed by atoms with Gasteiger partial charge < -0.3 is 14.5 Å². The second-order valence-electron chi connectivity index (χ2n) is 4.91. The molecule has 0 saturated heterocycles. The number of nitrogens with one attached hydrogen (secondary N) is 1. The van der Waals surface area contributed by atoms with Crippen LogP contribution < -0.4 is 10.1 Å². The molecule has 1 aromatic heterocycles. The molecule has 0 spiro atoms. The maximum Gasteiger partial charge on any atom is 0.227 e. The molecule has 0 aliphatic carbocycles. The number of aromatic nitrogens is 1. The number of benzene rings is 2. The highest BCUT2D eigenvalue weighted by Crippen LogP contribution is 2.31. The molecule has 4 rings (SSSR count). The quantitative estimate of drug-likeness (QED) is 0.774. The molecule has 0 fully saturated rings. The third kappa shape index (κ3) is 1.69. The molecule has 0 amide bonds. The Labute approximate surface area is 116 Å². The number of hydrogen-bond donors (Lipinski definition) is 1. The first-order valence-corrected chi connectivity index (χ1v) is 6.61. The SMILES string of the molecule is COc1cccc2oc(-c3ccc4c(c3)CNC4)nc12. The van der Waals surface area contributed by atoms with Crippen molar-refractivity contribution in [1.82, 2.24) is 10.3 Å². The standard InChI is InChI=1S/C16H14N2O2/c1-19-13-3-2-4-14-15(13)18-16(20-14)10-5-6-11-8-17-9-12(11)7-10/h2-7,17H,8-9H2,1H3. The van der Waals surface area contributed by atoms with Crippen LogP contribution in [0.1, 0.15) is 11.1 Å². The van der Waals surface area contributed by atoms with Gasteiger partial charge in [0, 0.05) is 18.7 Å². The molecule has 3 aromatic rings. The zero-order valence-electron chi connectivity index (χ0n) is 11.1. The first-order chi connectivity index (χ1) is 9.85. The topological polar surface area (TPSA) is 47.3 Å². The molecule has 0 bridgehead atoms. The Bertz CT molecular complexity index is 792. The molecular formula is C16H14N2O2. The summed E-state index contributed by atoms with van der Waals surface area (Å²) in [5.41, 5.74) is 5.19. The number of fused-ring (bicyclic) bond motifs is 2. The lowest BCUT2D eigenvalue weighted by Gasteiger charge is -2.00. The zero-order chi connectivity index (χ0) is 13.5. The summed E-state index contributed by atoms with van der Waals surface area (Å²) in [5.74, 6) is 1.37. The Balaban J connectivity index is 1.86. The molecule has 2 aromatic carbocycles. The van der Waals surface area contributed by atoms with Crippen molar-refractivity contribution in [1.29, 1.82) is 0 Å². The molecule has 1 aliphatic heterocycles. The third-order valence-electron chi connectivity index (χ3n) is 3.69. The van der Waals surface area contributed by atoms with Crippen LogP contribution >= 0.6 is 0 Å². The van der Waals surface area contributed by atoms with Gasteiger partial charge in [0.2, 0.25) is 5.89 Å². The smallest absolute Gasteiger partial charge is 0.227 e. The number of rotatable bonds is 2. The monoisotopic (exact) mass is 266 g/mol. The predicted molar refractivity (Wildman–Crippen MR) is 76.5 cm³/mol. The Kier molecular flexibility index (Phi) is 2.50. The fraction of sp³-hybridized carbons (Fsp3) is 0.188. The van der Waals surface area contributed by atoms with E-state index in [1.165, 1.54) is 11.1 Å². The Morgan fingerprint density at radius 2 is 2.05 bits per heavy atom. The summed E-state index contributed by atoms with van der Waals surface area (Å²) in [6.45, 7) is 1.85. The number of hydrogen-bond acceptors (Lipinski definition) is 4. The average molecular weight is 266 g/mol. The van der Waals surface area contributed by atoms with Gasteiger partial charge in [0.25, 0.3) is 0 Å². The summed E-state index contributed by atoms with van der Waals surface area (Å²) in [6, 6.07) is 12.0. The lowest BCUT2D eigenvalue weighted by atomic mass is 10.1. The minimum atomic E-state index is 0.638. The van der Waals surface area contributed by atoms with Crippen molar-refractivity contribution in [3.63, 3.8) is 0 Å². The van der Waals surface area contributed by atoms with Crippen molar-refractivity contribution >= 4 is 11.1 Å². The molecule has 4 heteroatoms. The summed E-state index contributed by atoms with van der Waals surface area (Å²) in [7, 11) is 1.64. The van der Waals surface area contributed by atoms with Crippen molar-refractivity contribution in [3.05, 3.63) is 47.5 Å². The van der Waals surface area contributed by atoms with E-state index in [1.807, 2.05) is 18.2 Å². The van der Waals surface area contributed by atoms with E-state index in [4.69, 9.17) is 9.15 Å². The minimum absolute atomic E-state index is 0.638. The van der Waals surface area contributed by atoms with Crippen molar-refractivity contribution in [3.8, 4) is 17.2 Å². The largest absolute Gasteiger partial charge is 0.494 e. The number of oxazole rings is 1. The Morgan fingerprint density at radius 3 is 2.95 bits per heavy atom. The zero-order valence-corrected chi connectivity index (χ0v) is 11.1. The van der Waals surface area contributed by atoms with E-state index < -0.39 is 0 Å². The molecule has 20 heavy (non-hydrogen) atoms. The Hall–Kier alpha value is -2.33. The van der Waals surface area contributed by atoms with Gasteiger partial charge in [-0.1, -0.05) is 12.1 Å². The molecule has 0 atom stereocenters. The fourth-order valence-electron chi connectivity index (χ4n) is 2.64. The van der Waals surface area contributed by atoms with Gasteiger partial charge in [-0.3, -0.25) is 0 Å². The highest BCUT2D eigenvalue weighted by atomic mass is 16.5. The summed E-state index contributed by atoms with van der Waals surface area (Å²) in [4.78, 5) is 4.57. The summed E-state index contributed by atoms with van der Waals surface area (Å²) in [6.07, 6.45) is 0. The van der Waals surface area contributed by atoms with Gasteiger partial charge in [-0.05, 0) is 35.4 Å². The number of nitrogens with zero attached hydrogens (tertiary/aromatic N) is 1. The number of para-hydroxylation sites is 1. The van der Waals surface area contributed by atoms with Crippen LogP contribution in [0.25, 0.3) is 22.6 Å². The van der Waals surface area contributed by atoms with Gasteiger partial charge in [-0.2, -0.15) is 0 Å². The first kappa shape index (κ1) is 11.5. The van der Waals surface area contributed by atoms with Crippen LogP contribution in [0.3, 0.4) is 0 Å². The first-order valence-electron chi connectivity index (χ1n) is 6.61. The molecule has 1 N–H and O–H groups in total. The predicted octanol–water partition coefficient (Wildman–Crippen LogP) is 3.11. The van der Waals surface area contributed by atoms with E-state index in [0.29, 0.717) is 5.89 Å². The third-order valence-corrected chi connectivity index (χ3v) is 3.69. The van der Waals surface area contributed by atoms with Crippen LogP contribution in [0.15, 0.2) is 40.8 Å². The fourth-order valence-corrected chi connectivity index (χ4v) is 2.64. The van der Waals surface area contributed by atoms with E-state index in [9.17, 15) is 0 Å². The van der Waals surface area contributed by atoms with E-state index in [1.54, 1.807) is 7.11 Å². The summed E-state index contributed by atoms with van der Waals surface area (Å²) < 4.78 is 11.2. The molecule has 2 heterocycles. The van der Waals surface area contributed by atoms with Crippen molar-refractivity contribution < 1.29 is 9.15 Å². The number of methoxy groups -OCH3 is 1. The van der Waals surface area contributed by atoms with Gasteiger partial charge in [-0.25, -0.2) is 4.98 Å². The van der Waals surface area contributed by atoms with Gasteiger partial charge in [0.05, 0.1) is 7.11 Å². The maximum atomic E-state index is 5.84. The molecule has 0 unspecified atom stereocenters.